The first-order valence-corrected chi connectivity index (χ1v) is 4.23. The number of hydrogen-bond donors (Lipinski definition) is 2. The zero-order valence-corrected chi connectivity index (χ0v) is 7.84. The average molecular weight is 177 g/mol. The molecule has 0 radical (unpaired) electrons. The third-order valence-corrected chi connectivity index (χ3v) is 3.08. The highest BCUT2D eigenvalue weighted by atomic mass is 35.5. The molecule has 66 valence electrons. The Balaban J connectivity index is 0.000000605. The number of halogens is 1. The molecule has 1 spiro atoms. The van der Waals surface area contributed by atoms with Crippen molar-refractivity contribution >= 4 is 12.4 Å². The molecular formula is C8H17ClN2. The molecular weight excluding hydrogens is 160 g/mol. The summed E-state index contributed by atoms with van der Waals surface area (Å²) in [6.07, 6.45) is 2.93. The SMILES string of the molecule is CNCC1CNCC12CC2.Cl. The highest BCUT2D eigenvalue weighted by Gasteiger charge is 2.51. The second kappa shape index (κ2) is 3.30. The van der Waals surface area contributed by atoms with Crippen molar-refractivity contribution in [2.45, 2.75) is 12.8 Å². The van der Waals surface area contributed by atoms with E-state index in [4.69, 9.17) is 0 Å². The maximum Gasteiger partial charge on any atom is 0.00116 e. The molecule has 1 saturated heterocycles. The molecule has 1 aliphatic heterocycles. The van der Waals surface area contributed by atoms with E-state index in [9.17, 15) is 0 Å². The zero-order chi connectivity index (χ0) is 7.03. The van der Waals surface area contributed by atoms with Gasteiger partial charge in [0.15, 0.2) is 0 Å². The van der Waals surface area contributed by atoms with Gasteiger partial charge in [0.2, 0.25) is 0 Å². The van der Waals surface area contributed by atoms with Gasteiger partial charge < -0.3 is 10.6 Å². The van der Waals surface area contributed by atoms with E-state index >= 15 is 0 Å². The maximum atomic E-state index is 3.47. The fourth-order valence-electron chi connectivity index (χ4n) is 2.14. The Morgan fingerprint density at radius 2 is 2.27 bits per heavy atom. The van der Waals surface area contributed by atoms with E-state index < -0.39 is 0 Å². The summed E-state index contributed by atoms with van der Waals surface area (Å²) in [5, 5.41) is 6.74. The molecule has 3 heteroatoms. The minimum absolute atomic E-state index is 0. The Labute approximate surface area is 74.5 Å². The van der Waals surface area contributed by atoms with Crippen LogP contribution in [0.3, 0.4) is 0 Å². The summed E-state index contributed by atoms with van der Waals surface area (Å²) < 4.78 is 0. The standard InChI is InChI=1S/C8H16N2.ClH/c1-9-4-7-5-10-6-8(7)2-3-8;/h7,9-10H,2-6H2,1H3;1H. The van der Waals surface area contributed by atoms with Crippen LogP contribution in [0.1, 0.15) is 12.8 Å². The summed E-state index contributed by atoms with van der Waals surface area (Å²) in [5.41, 5.74) is 0.739. The van der Waals surface area contributed by atoms with Crippen molar-refractivity contribution < 1.29 is 0 Å². The molecule has 0 bridgehead atoms. The molecule has 2 N–H and O–H groups in total. The van der Waals surface area contributed by atoms with E-state index in [2.05, 4.69) is 17.7 Å². The number of nitrogens with one attached hydrogen (secondary N) is 2. The molecule has 2 fully saturated rings. The van der Waals surface area contributed by atoms with E-state index in [1.54, 1.807) is 0 Å². The lowest BCUT2D eigenvalue weighted by molar-refractivity contribution is 0.386. The zero-order valence-electron chi connectivity index (χ0n) is 7.02. The van der Waals surface area contributed by atoms with Gasteiger partial charge in [-0.05, 0) is 44.3 Å². The molecule has 1 heterocycles. The summed E-state index contributed by atoms with van der Waals surface area (Å²) in [6, 6.07) is 0. The first-order valence-electron chi connectivity index (χ1n) is 4.23. The van der Waals surface area contributed by atoms with Crippen LogP contribution in [-0.2, 0) is 0 Å². The Morgan fingerprint density at radius 1 is 1.55 bits per heavy atom. The van der Waals surface area contributed by atoms with Crippen LogP contribution in [0.5, 0.6) is 0 Å². The van der Waals surface area contributed by atoms with Crippen LogP contribution in [0.15, 0.2) is 0 Å². The maximum absolute atomic E-state index is 3.47. The topological polar surface area (TPSA) is 24.1 Å². The van der Waals surface area contributed by atoms with Crippen molar-refractivity contribution in [1.82, 2.24) is 10.6 Å². The lowest BCUT2D eigenvalue weighted by atomic mass is 9.93. The summed E-state index contributed by atoms with van der Waals surface area (Å²) in [7, 11) is 2.05. The van der Waals surface area contributed by atoms with Gasteiger partial charge in [0, 0.05) is 6.54 Å². The summed E-state index contributed by atoms with van der Waals surface area (Å²) in [6.45, 7) is 3.72. The van der Waals surface area contributed by atoms with Crippen LogP contribution in [0.2, 0.25) is 0 Å². The second-order valence-electron chi connectivity index (χ2n) is 3.75. The van der Waals surface area contributed by atoms with Crippen LogP contribution < -0.4 is 10.6 Å². The number of rotatable bonds is 2. The smallest absolute Gasteiger partial charge is 0.00116 e. The summed E-state index contributed by atoms with van der Waals surface area (Å²) in [4.78, 5) is 0. The molecule has 0 aromatic carbocycles. The van der Waals surface area contributed by atoms with E-state index in [1.165, 1.54) is 32.5 Å². The quantitative estimate of drug-likeness (QED) is 0.645. The van der Waals surface area contributed by atoms with E-state index in [0.717, 1.165) is 11.3 Å². The largest absolute Gasteiger partial charge is 0.319 e. The molecule has 11 heavy (non-hydrogen) atoms. The second-order valence-corrected chi connectivity index (χ2v) is 3.75. The molecule has 1 unspecified atom stereocenters. The van der Waals surface area contributed by atoms with Crippen molar-refractivity contribution in [3.8, 4) is 0 Å². The molecule has 2 nitrogen and oxygen atoms in total. The Morgan fingerprint density at radius 3 is 2.82 bits per heavy atom. The van der Waals surface area contributed by atoms with E-state index in [1.807, 2.05) is 0 Å². The van der Waals surface area contributed by atoms with Crippen LogP contribution in [0.4, 0.5) is 0 Å². The molecule has 1 saturated carbocycles. The van der Waals surface area contributed by atoms with Gasteiger partial charge in [-0.15, -0.1) is 12.4 Å². The minimum atomic E-state index is 0. The Hall–Kier alpha value is 0.210. The van der Waals surface area contributed by atoms with Gasteiger partial charge in [-0.25, -0.2) is 0 Å². The highest BCUT2D eigenvalue weighted by Crippen LogP contribution is 2.53. The molecule has 0 amide bonds. The van der Waals surface area contributed by atoms with Gasteiger partial charge in [0.25, 0.3) is 0 Å². The molecule has 1 atom stereocenters. The third-order valence-electron chi connectivity index (χ3n) is 3.08. The fraction of sp³-hybridized carbons (Fsp3) is 1.00. The van der Waals surface area contributed by atoms with Crippen molar-refractivity contribution in [3.05, 3.63) is 0 Å². The van der Waals surface area contributed by atoms with E-state index in [0.29, 0.717) is 0 Å². The minimum Gasteiger partial charge on any atom is -0.319 e. The van der Waals surface area contributed by atoms with Gasteiger partial charge in [-0.3, -0.25) is 0 Å². The fourth-order valence-corrected chi connectivity index (χ4v) is 2.14. The highest BCUT2D eigenvalue weighted by molar-refractivity contribution is 5.85. The van der Waals surface area contributed by atoms with Gasteiger partial charge in [-0.2, -0.15) is 0 Å². The monoisotopic (exact) mass is 176 g/mol. The van der Waals surface area contributed by atoms with Crippen LogP contribution in [-0.4, -0.2) is 26.7 Å². The predicted octanol–water partition coefficient (Wildman–Crippen LogP) is 0.627. The Kier molecular flexibility index (Phi) is 2.79. The van der Waals surface area contributed by atoms with Crippen LogP contribution in [0, 0.1) is 11.3 Å². The number of hydrogen-bond acceptors (Lipinski definition) is 2. The van der Waals surface area contributed by atoms with Crippen LogP contribution in [0.25, 0.3) is 0 Å². The normalized spacial score (nSPS) is 31.9. The molecule has 0 aromatic rings. The average Bonchev–Trinajstić information content (AvgIpc) is 2.57. The molecule has 0 aromatic heterocycles. The van der Waals surface area contributed by atoms with Gasteiger partial charge in [-0.1, -0.05) is 0 Å². The van der Waals surface area contributed by atoms with Gasteiger partial charge in [0.1, 0.15) is 0 Å². The van der Waals surface area contributed by atoms with E-state index in [-0.39, 0.29) is 12.4 Å². The van der Waals surface area contributed by atoms with Crippen molar-refractivity contribution in [2.75, 3.05) is 26.7 Å². The van der Waals surface area contributed by atoms with Gasteiger partial charge >= 0.3 is 0 Å². The van der Waals surface area contributed by atoms with Gasteiger partial charge in [0.05, 0.1) is 0 Å². The molecule has 2 aliphatic rings. The van der Waals surface area contributed by atoms with Crippen molar-refractivity contribution in [1.29, 1.82) is 0 Å². The van der Waals surface area contributed by atoms with Crippen molar-refractivity contribution in [3.63, 3.8) is 0 Å². The first kappa shape index (κ1) is 9.30. The lowest BCUT2D eigenvalue weighted by Gasteiger charge is -2.15. The Bertz CT molecular complexity index is 134. The summed E-state index contributed by atoms with van der Waals surface area (Å²) in [5.74, 6) is 0.914. The van der Waals surface area contributed by atoms with Crippen molar-refractivity contribution in [2.24, 2.45) is 11.3 Å². The predicted molar refractivity (Wildman–Crippen MR) is 49.2 cm³/mol. The molecule has 2 rings (SSSR count). The van der Waals surface area contributed by atoms with Crippen LogP contribution >= 0.6 is 12.4 Å². The third kappa shape index (κ3) is 1.53. The lowest BCUT2D eigenvalue weighted by Crippen LogP contribution is -2.25. The first-order chi connectivity index (χ1) is 4.87. The molecule has 1 aliphatic carbocycles. The summed E-state index contributed by atoms with van der Waals surface area (Å²) >= 11 is 0.